The third kappa shape index (κ3) is 3.67. The van der Waals surface area contributed by atoms with Crippen molar-refractivity contribution in [2.45, 2.75) is 0 Å². The lowest BCUT2D eigenvalue weighted by Gasteiger charge is -2.06. The van der Waals surface area contributed by atoms with Crippen molar-refractivity contribution in [2.75, 3.05) is 11.1 Å². The van der Waals surface area contributed by atoms with Crippen molar-refractivity contribution in [1.29, 1.82) is 0 Å². The van der Waals surface area contributed by atoms with Gasteiger partial charge in [-0.2, -0.15) is 0 Å². The van der Waals surface area contributed by atoms with E-state index in [1.807, 2.05) is 42.5 Å². The van der Waals surface area contributed by atoms with Crippen LogP contribution in [0, 0.1) is 0 Å². The number of nitrogens with zero attached hydrogens (tertiary/aromatic N) is 3. The fraction of sp³-hybridized carbons (Fsp3) is 0. The van der Waals surface area contributed by atoms with Crippen molar-refractivity contribution in [3.63, 3.8) is 0 Å². The number of anilines is 3. The monoisotopic (exact) mass is 299 g/mol. The molecule has 0 bridgehead atoms. The molecule has 0 amide bonds. The summed E-state index contributed by atoms with van der Waals surface area (Å²) in [6, 6.07) is 13.1. The lowest BCUT2D eigenvalue weighted by Crippen LogP contribution is -1.98. The van der Waals surface area contributed by atoms with Crippen molar-refractivity contribution in [2.24, 2.45) is 0 Å². The van der Waals surface area contributed by atoms with Gasteiger partial charge in [0.1, 0.15) is 0 Å². The molecule has 0 atom stereocenters. The SMILES string of the molecule is Cl.Nc1ccc(Nc2nccc(-c3ccncc3)n2)cc1. The first-order valence-electron chi connectivity index (χ1n) is 6.17. The Hall–Kier alpha value is -2.66. The predicted octanol–water partition coefficient (Wildman–Crippen LogP) is 3.29. The summed E-state index contributed by atoms with van der Waals surface area (Å²) in [6.45, 7) is 0. The number of pyridine rings is 1. The average molecular weight is 300 g/mol. The Morgan fingerprint density at radius 3 is 2.29 bits per heavy atom. The van der Waals surface area contributed by atoms with E-state index in [0.29, 0.717) is 5.95 Å². The molecule has 6 heteroatoms. The van der Waals surface area contributed by atoms with Gasteiger partial charge in [0.2, 0.25) is 5.95 Å². The van der Waals surface area contributed by atoms with E-state index in [9.17, 15) is 0 Å². The molecule has 0 saturated carbocycles. The van der Waals surface area contributed by atoms with Gasteiger partial charge in [-0.15, -0.1) is 12.4 Å². The molecular weight excluding hydrogens is 286 g/mol. The molecule has 0 aliphatic rings. The lowest BCUT2D eigenvalue weighted by atomic mass is 10.2. The predicted molar refractivity (Wildman–Crippen MR) is 86.6 cm³/mol. The Balaban J connectivity index is 0.00000161. The van der Waals surface area contributed by atoms with Crippen LogP contribution in [0.2, 0.25) is 0 Å². The summed E-state index contributed by atoms with van der Waals surface area (Å²) in [6.07, 6.45) is 5.21. The third-order valence-electron chi connectivity index (χ3n) is 2.80. The van der Waals surface area contributed by atoms with Crippen molar-refractivity contribution in [1.82, 2.24) is 15.0 Å². The quantitative estimate of drug-likeness (QED) is 0.726. The molecule has 0 spiro atoms. The molecule has 0 fully saturated rings. The van der Waals surface area contributed by atoms with E-state index in [2.05, 4.69) is 20.3 Å². The van der Waals surface area contributed by atoms with Crippen molar-refractivity contribution >= 4 is 29.7 Å². The van der Waals surface area contributed by atoms with E-state index in [0.717, 1.165) is 22.6 Å². The van der Waals surface area contributed by atoms with E-state index < -0.39 is 0 Å². The maximum Gasteiger partial charge on any atom is 0.227 e. The first kappa shape index (κ1) is 14.7. The van der Waals surface area contributed by atoms with Crippen LogP contribution in [0.3, 0.4) is 0 Å². The largest absolute Gasteiger partial charge is 0.399 e. The van der Waals surface area contributed by atoms with Gasteiger partial charge in [-0.1, -0.05) is 0 Å². The fourth-order valence-corrected chi connectivity index (χ4v) is 1.80. The van der Waals surface area contributed by atoms with Gasteiger partial charge < -0.3 is 11.1 Å². The second-order valence-electron chi connectivity index (χ2n) is 4.25. The van der Waals surface area contributed by atoms with E-state index >= 15 is 0 Å². The number of benzene rings is 1. The molecule has 0 radical (unpaired) electrons. The molecule has 3 N–H and O–H groups in total. The minimum Gasteiger partial charge on any atom is -0.399 e. The Morgan fingerprint density at radius 1 is 0.857 bits per heavy atom. The molecule has 0 aliphatic heterocycles. The molecule has 0 aliphatic carbocycles. The van der Waals surface area contributed by atoms with Crippen LogP contribution in [0.5, 0.6) is 0 Å². The van der Waals surface area contributed by atoms with Crippen molar-refractivity contribution in [3.05, 3.63) is 61.1 Å². The number of aromatic nitrogens is 3. The molecule has 0 unspecified atom stereocenters. The van der Waals surface area contributed by atoms with Gasteiger partial charge in [0.15, 0.2) is 0 Å². The number of rotatable bonds is 3. The standard InChI is InChI=1S/C15H13N5.ClH/c16-12-1-3-13(4-2-12)19-15-18-10-7-14(20-15)11-5-8-17-9-6-11;/h1-10H,16H2,(H,18,19,20);1H. The third-order valence-corrected chi connectivity index (χ3v) is 2.80. The van der Waals surface area contributed by atoms with E-state index in [1.54, 1.807) is 18.6 Å². The Morgan fingerprint density at radius 2 is 1.57 bits per heavy atom. The number of halogens is 1. The number of hydrogen-bond acceptors (Lipinski definition) is 5. The highest BCUT2D eigenvalue weighted by molar-refractivity contribution is 5.85. The molecule has 1 aromatic carbocycles. The molecular formula is C15H14ClN5. The van der Waals surface area contributed by atoms with Crippen LogP contribution < -0.4 is 11.1 Å². The van der Waals surface area contributed by atoms with E-state index in [-0.39, 0.29) is 12.4 Å². The van der Waals surface area contributed by atoms with Crippen molar-refractivity contribution < 1.29 is 0 Å². The highest BCUT2D eigenvalue weighted by Crippen LogP contribution is 2.19. The zero-order valence-corrected chi connectivity index (χ0v) is 11.9. The fourth-order valence-electron chi connectivity index (χ4n) is 1.80. The summed E-state index contributed by atoms with van der Waals surface area (Å²) >= 11 is 0. The number of nitrogens with two attached hydrogens (primary N) is 1. The molecule has 106 valence electrons. The minimum absolute atomic E-state index is 0. The maximum atomic E-state index is 5.66. The summed E-state index contributed by atoms with van der Waals surface area (Å²) in [4.78, 5) is 12.7. The molecule has 5 nitrogen and oxygen atoms in total. The minimum atomic E-state index is 0. The van der Waals surface area contributed by atoms with Crippen molar-refractivity contribution in [3.8, 4) is 11.3 Å². The first-order chi connectivity index (χ1) is 9.81. The lowest BCUT2D eigenvalue weighted by molar-refractivity contribution is 1.17. The van der Waals surface area contributed by atoms with Gasteiger partial charge >= 0.3 is 0 Å². The van der Waals surface area contributed by atoms with Gasteiger partial charge in [-0.05, 0) is 42.5 Å². The summed E-state index contributed by atoms with van der Waals surface area (Å²) in [5.74, 6) is 0.545. The summed E-state index contributed by atoms with van der Waals surface area (Å²) < 4.78 is 0. The molecule has 21 heavy (non-hydrogen) atoms. The normalized spacial score (nSPS) is 9.71. The maximum absolute atomic E-state index is 5.66. The second-order valence-corrected chi connectivity index (χ2v) is 4.25. The van der Waals surface area contributed by atoms with E-state index in [4.69, 9.17) is 5.73 Å². The number of nitrogens with one attached hydrogen (secondary N) is 1. The second kappa shape index (κ2) is 6.67. The Labute approximate surface area is 128 Å². The summed E-state index contributed by atoms with van der Waals surface area (Å²) in [7, 11) is 0. The highest BCUT2D eigenvalue weighted by Gasteiger charge is 2.02. The van der Waals surface area contributed by atoms with Crippen LogP contribution in [0.4, 0.5) is 17.3 Å². The van der Waals surface area contributed by atoms with Crippen LogP contribution in [-0.2, 0) is 0 Å². The number of nitrogen functional groups attached to an aromatic ring is 1. The van der Waals surface area contributed by atoms with Gasteiger partial charge in [0.25, 0.3) is 0 Å². The van der Waals surface area contributed by atoms with Gasteiger partial charge in [0.05, 0.1) is 5.69 Å². The van der Waals surface area contributed by atoms with Crippen LogP contribution in [0.15, 0.2) is 61.1 Å². The molecule has 3 rings (SSSR count). The van der Waals surface area contributed by atoms with Gasteiger partial charge in [-0.25, -0.2) is 9.97 Å². The van der Waals surface area contributed by atoms with Crippen LogP contribution in [0.25, 0.3) is 11.3 Å². The number of hydrogen-bond donors (Lipinski definition) is 2. The van der Waals surface area contributed by atoms with Crippen LogP contribution >= 0.6 is 12.4 Å². The smallest absolute Gasteiger partial charge is 0.227 e. The Bertz CT molecular complexity index is 701. The van der Waals surface area contributed by atoms with E-state index in [1.165, 1.54) is 0 Å². The molecule has 3 aromatic rings. The zero-order valence-electron chi connectivity index (χ0n) is 11.1. The topological polar surface area (TPSA) is 76.7 Å². The summed E-state index contributed by atoms with van der Waals surface area (Å²) in [5.41, 5.74) is 9.12. The highest BCUT2D eigenvalue weighted by atomic mass is 35.5. The first-order valence-corrected chi connectivity index (χ1v) is 6.17. The molecule has 0 saturated heterocycles. The van der Waals surface area contributed by atoms with Gasteiger partial charge in [-0.3, -0.25) is 4.98 Å². The average Bonchev–Trinajstić information content (AvgIpc) is 2.51. The summed E-state index contributed by atoms with van der Waals surface area (Å²) in [5, 5.41) is 3.15. The Kier molecular flexibility index (Phi) is 4.68. The van der Waals surface area contributed by atoms with Crippen LogP contribution in [-0.4, -0.2) is 15.0 Å². The molecule has 2 aromatic heterocycles. The zero-order chi connectivity index (χ0) is 13.8. The molecule has 2 heterocycles. The van der Waals surface area contributed by atoms with Gasteiger partial charge in [0, 0.05) is 35.5 Å². The van der Waals surface area contributed by atoms with Crippen LogP contribution in [0.1, 0.15) is 0 Å².